The van der Waals surface area contributed by atoms with Crippen molar-refractivity contribution in [1.82, 2.24) is 4.98 Å². The zero-order chi connectivity index (χ0) is 18.1. The molecular formula is C15H25N4O5S+. The first-order valence-corrected chi connectivity index (χ1v) is 10.0. The van der Waals surface area contributed by atoms with E-state index in [1.807, 2.05) is 6.92 Å². The molecule has 2 aliphatic rings. The van der Waals surface area contributed by atoms with Crippen LogP contribution in [0.2, 0.25) is 0 Å². The Morgan fingerprint density at radius 1 is 1.40 bits per heavy atom. The van der Waals surface area contributed by atoms with E-state index in [9.17, 15) is 8.42 Å². The first-order chi connectivity index (χ1) is 11.8. The highest BCUT2D eigenvalue weighted by Gasteiger charge is 2.45. The van der Waals surface area contributed by atoms with Crippen molar-refractivity contribution in [2.24, 2.45) is 0 Å². The third-order valence-corrected chi connectivity index (χ3v) is 5.19. The van der Waals surface area contributed by atoms with Crippen molar-refractivity contribution in [3.8, 4) is 0 Å². The van der Waals surface area contributed by atoms with Gasteiger partial charge in [0.05, 0.1) is 6.07 Å². The molecule has 10 heteroatoms. The smallest absolute Gasteiger partial charge is 0.364 e. The van der Waals surface area contributed by atoms with Gasteiger partial charge in [-0.15, -0.1) is 0 Å². The maximum atomic E-state index is 11.3. The molecule has 3 N–H and O–H groups in total. The third kappa shape index (κ3) is 3.80. The summed E-state index contributed by atoms with van der Waals surface area (Å²) < 4.78 is 43.4. The van der Waals surface area contributed by atoms with Gasteiger partial charge in [-0.05, 0) is 43.3 Å². The average molecular weight is 373 g/mol. The Bertz CT molecular complexity index is 728. The van der Waals surface area contributed by atoms with E-state index in [2.05, 4.69) is 9.88 Å². The summed E-state index contributed by atoms with van der Waals surface area (Å²) in [6.45, 7) is 4.24. The van der Waals surface area contributed by atoms with Gasteiger partial charge in [0.15, 0.2) is 5.60 Å². The standard InChI is InChI=1S/C15H24N4O5S/c1-2-15(7-3-6-10-23-15)14-17-13(18-8-4-5-9-18)11-12(16)19(14)24-25(20,21)22/h11,16H,2-10H2,1H3,(H,20,21,22)/p+1. The van der Waals surface area contributed by atoms with Crippen LogP contribution >= 0.6 is 0 Å². The molecule has 140 valence electrons. The van der Waals surface area contributed by atoms with E-state index in [-0.39, 0.29) is 11.6 Å². The summed E-state index contributed by atoms with van der Waals surface area (Å²) in [5.41, 5.74) is 5.26. The molecule has 25 heavy (non-hydrogen) atoms. The number of hydrogen-bond donors (Lipinski definition) is 2. The average Bonchev–Trinajstić information content (AvgIpc) is 3.10. The van der Waals surface area contributed by atoms with Crippen LogP contribution in [-0.4, -0.2) is 37.7 Å². The molecule has 3 heterocycles. The van der Waals surface area contributed by atoms with Gasteiger partial charge in [0.2, 0.25) is 5.82 Å². The van der Waals surface area contributed by atoms with Crippen molar-refractivity contribution in [2.75, 3.05) is 30.3 Å². The van der Waals surface area contributed by atoms with E-state index in [1.54, 1.807) is 6.07 Å². The molecule has 2 saturated heterocycles. The highest BCUT2D eigenvalue weighted by Crippen LogP contribution is 2.36. The van der Waals surface area contributed by atoms with Crippen LogP contribution in [0.5, 0.6) is 0 Å². The van der Waals surface area contributed by atoms with Gasteiger partial charge in [0.25, 0.3) is 5.82 Å². The largest absolute Gasteiger partial charge is 0.476 e. The Kier molecular flexibility index (Phi) is 5.03. The summed E-state index contributed by atoms with van der Waals surface area (Å²) in [6, 6.07) is 1.56. The molecule has 3 rings (SSSR count). The number of rotatable bonds is 5. The molecule has 0 radical (unpaired) electrons. The van der Waals surface area contributed by atoms with Crippen molar-refractivity contribution < 1.29 is 26.7 Å². The van der Waals surface area contributed by atoms with Crippen molar-refractivity contribution in [2.45, 2.75) is 51.0 Å². The fourth-order valence-electron chi connectivity index (χ4n) is 3.53. The van der Waals surface area contributed by atoms with E-state index < -0.39 is 16.0 Å². The van der Waals surface area contributed by atoms with E-state index in [0.29, 0.717) is 25.3 Å². The quantitative estimate of drug-likeness (QED) is 0.568. The fourth-order valence-corrected chi connectivity index (χ4v) is 3.88. The van der Waals surface area contributed by atoms with Crippen LogP contribution in [0.4, 0.5) is 11.6 Å². The van der Waals surface area contributed by atoms with Gasteiger partial charge in [-0.1, -0.05) is 11.9 Å². The van der Waals surface area contributed by atoms with Gasteiger partial charge < -0.3 is 15.4 Å². The van der Waals surface area contributed by atoms with Crippen LogP contribution in [0, 0.1) is 0 Å². The second-order valence-electron chi connectivity index (χ2n) is 6.51. The Morgan fingerprint density at radius 3 is 2.68 bits per heavy atom. The van der Waals surface area contributed by atoms with E-state index >= 15 is 0 Å². The van der Waals surface area contributed by atoms with E-state index in [1.165, 1.54) is 0 Å². The fraction of sp³-hybridized carbons (Fsp3) is 0.733. The molecule has 2 fully saturated rings. The first-order valence-electron chi connectivity index (χ1n) is 8.64. The Balaban J connectivity index is 2.13. The van der Waals surface area contributed by atoms with Crippen molar-refractivity contribution in [3.63, 3.8) is 0 Å². The maximum absolute atomic E-state index is 11.3. The maximum Gasteiger partial charge on any atom is 0.476 e. The molecule has 2 aliphatic heterocycles. The summed E-state index contributed by atoms with van der Waals surface area (Å²) >= 11 is 0. The topological polar surface area (TPSA) is 119 Å². The SMILES string of the molecule is CCC1(c2nc(N3CCCC3)cc(N)[n+]2OS(=O)(=O)O)CCCCO1. The van der Waals surface area contributed by atoms with Crippen LogP contribution in [0.1, 0.15) is 51.3 Å². The molecule has 0 aromatic carbocycles. The molecular weight excluding hydrogens is 348 g/mol. The summed E-state index contributed by atoms with van der Waals surface area (Å²) in [7, 11) is -4.75. The Morgan fingerprint density at radius 2 is 2.12 bits per heavy atom. The van der Waals surface area contributed by atoms with Gasteiger partial charge in [-0.3, -0.25) is 4.55 Å². The van der Waals surface area contributed by atoms with Gasteiger partial charge in [0.1, 0.15) is 0 Å². The summed E-state index contributed by atoms with van der Waals surface area (Å²) in [5, 5.41) is 0. The lowest BCUT2D eigenvalue weighted by Crippen LogP contribution is -2.57. The minimum absolute atomic E-state index is 0.0477. The van der Waals surface area contributed by atoms with Gasteiger partial charge in [-0.25, -0.2) is 4.28 Å². The molecule has 1 atom stereocenters. The van der Waals surface area contributed by atoms with E-state index in [0.717, 1.165) is 43.5 Å². The lowest BCUT2D eigenvalue weighted by atomic mass is 9.90. The van der Waals surface area contributed by atoms with Crippen molar-refractivity contribution in [1.29, 1.82) is 0 Å². The second-order valence-corrected chi connectivity index (χ2v) is 7.51. The van der Waals surface area contributed by atoms with Crippen LogP contribution in [0.25, 0.3) is 0 Å². The van der Waals surface area contributed by atoms with Crippen LogP contribution < -0.4 is 19.6 Å². The molecule has 0 spiro atoms. The lowest BCUT2D eigenvalue weighted by Gasteiger charge is -2.34. The number of nitrogen functional groups attached to an aromatic ring is 1. The number of nitrogens with two attached hydrogens (primary N) is 1. The molecule has 1 unspecified atom stereocenters. The summed E-state index contributed by atoms with van der Waals surface area (Å²) in [6.07, 6.45) is 5.26. The predicted molar refractivity (Wildman–Crippen MR) is 90.2 cm³/mol. The number of nitrogens with zero attached hydrogens (tertiary/aromatic N) is 3. The number of hydrogen-bond acceptors (Lipinski definition) is 7. The minimum atomic E-state index is -4.75. The molecule has 1 aromatic heterocycles. The summed E-state index contributed by atoms with van der Waals surface area (Å²) in [5.74, 6) is 0.989. The number of aromatic nitrogens is 2. The third-order valence-electron chi connectivity index (χ3n) is 4.86. The highest BCUT2D eigenvalue weighted by molar-refractivity contribution is 7.80. The van der Waals surface area contributed by atoms with Gasteiger partial charge >= 0.3 is 16.2 Å². The number of ether oxygens (including phenoxy) is 1. The first kappa shape index (κ1) is 18.2. The zero-order valence-corrected chi connectivity index (χ0v) is 15.2. The molecule has 0 amide bonds. The van der Waals surface area contributed by atoms with Crippen LogP contribution in [0.3, 0.4) is 0 Å². The normalized spacial score (nSPS) is 24.5. The van der Waals surface area contributed by atoms with Crippen molar-refractivity contribution >= 4 is 22.0 Å². The molecule has 0 bridgehead atoms. The molecule has 0 saturated carbocycles. The highest BCUT2D eigenvalue weighted by atomic mass is 32.3. The van der Waals surface area contributed by atoms with Crippen LogP contribution in [0.15, 0.2) is 6.07 Å². The number of anilines is 2. The monoisotopic (exact) mass is 373 g/mol. The molecule has 9 nitrogen and oxygen atoms in total. The summed E-state index contributed by atoms with van der Waals surface area (Å²) in [4.78, 5) is 6.75. The minimum Gasteiger partial charge on any atom is -0.364 e. The van der Waals surface area contributed by atoms with Crippen LogP contribution in [-0.2, 0) is 20.7 Å². The predicted octanol–water partition coefficient (Wildman–Crippen LogP) is 0.589. The molecule has 1 aromatic rings. The lowest BCUT2D eigenvalue weighted by molar-refractivity contribution is -0.857. The van der Waals surface area contributed by atoms with Gasteiger partial charge in [0, 0.05) is 19.7 Å². The van der Waals surface area contributed by atoms with E-state index in [4.69, 9.17) is 19.3 Å². The van der Waals surface area contributed by atoms with Gasteiger partial charge in [-0.2, -0.15) is 8.42 Å². The second kappa shape index (κ2) is 6.93. The Labute approximate surface area is 147 Å². The van der Waals surface area contributed by atoms with Crippen molar-refractivity contribution in [3.05, 3.63) is 11.9 Å². The Hall–Kier alpha value is -1.65. The zero-order valence-electron chi connectivity index (χ0n) is 14.3. The molecule has 0 aliphatic carbocycles.